The Labute approximate surface area is 190 Å². The summed E-state index contributed by atoms with van der Waals surface area (Å²) in [5.74, 6) is 0.895. The first kappa shape index (κ1) is 19.9. The highest BCUT2D eigenvalue weighted by atomic mass is 35.5. The molecule has 6 heteroatoms. The first-order valence-corrected chi connectivity index (χ1v) is 11.7. The number of aliphatic imine (C=N–C) groups is 1. The van der Waals surface area contributed by atoms with E-state index in [0.717, 1.165) is 39.9 Å². The number of benzene rings is 2. The van der Waals surface area contributed by atoms with Gasteiger partial charge in [-0.25, -0.2) is 4.99 Å². The lowest BCUT2D eigenvalue weighted by molar-refractivity contribution is -0.125. The standard InChI is InChI=1S/C24H20Cl2N2OS/c1-14-2-5-17(12-15-3-8-18(25)9-4-15)22-21(14)23(16-6-10-19(26)11-7-16)28-20(29)13-30-24(28)27-22/h3-4,6-12,14,23H,2,5,13H2,1H3/b17-12-. The Balaban J connectivity index is 1.67. The number of hydrogen-bond acceptors (Lipinski definition) is 3. The molecular formula is C24H20Cl2N2OS. The summed E-state index contributed by atoms with van der Waals surface area (Å²) in [6.07, 6.45) is 4.20. The SMILES string of the molecule is CC1CC/C(=C/c2ccc(Cl)cc2)C2=C1C(c1ccc(Cl)cc1)N1C(=O)CSC1=N2. The molecule has 1 fully saturated rings. The lowest BCUT2D eigenvalue weighted by atomic mass is 9.77. The molecule has 0 aromatic heterocycles. The van der Waals surface area contributed by atoms with Gasteiger partial charge in [0.2, 0.25) is 5.91 Å². The lowest BCUT2D eigenvalue weighted by Crippen LogP contribution is -2.40. The summed E-state index contributed by atoms with van der Waals surface area (Å²) >= 11 is 13.7. The van der Waals surface area contributed by atoms with Crippen LogP contribution in [0.1, 0.15) is 36.9 Å². The number of halogens is 2. The second kappa shape index (κ2) is 7.92. The third-order valence-corrected chi connectivity index (χ3v) is 7.35. The van der Waals surface area contributed by atoms with Crippen molar-refractivity contribution in [2.45, 2.75) is 25.8 Å². The third-order valence-electron chi connectivity index (χ3n) is 5.91. The zero-order valence-electron chi connectivity index (χ0n) is 16.4. The summed E-state index contributed by atoms with van der Waals surface area (Å²) in [4.78, 5) is 19.7. The van der Waals surface area contributed by atoms with Gasteiger partial charge in [-0.2, -0.15) is 0 Å². The minimum absolute atomic E-state index is 0.117. The van der Waals surface area contributed by atoms with E-state index in [4.69, 9.17) is 28.2 Å². The quantitative estimate of drug-likeness (QED) is 0.502. The highest BCUT2D eigenvalue weighted by molar-refractivity contribution is 8.15. The van der Waals surface area contributed by atoms with Crippen LogP contribution in [0.5, 0.6) is 0 Å². The molecule has 0 bridgehead atoms. The Kier molecular flexibility index (Phi) is 5.26. The van der Waals surface area contributed by atoms with Crippen molar-refractivity contribution in [2.75, 3.05) is 5.75 Å². The molecule has 1 aliphatic carbocycles. The Hall–Kier alpha value is -2.01. The van der Waals surface area contributed by atoms with E-state index in [1.54, 1.807) is 0 Å². The molecule has 0 radical (unpaired) electrons. The number of rotatable bonds is 2. The third kappa shape index (κ3) is 3.51. The average Bonchev–Trinajstić information content (AvgIpc) is 3.12. The van der Waals surface area contributed by atoms with Crippen LogP contribution in [0.15, 0.2) is 70.4 Å². The summed E-state index contributed by atoms with van der Waals surface area (Å²) in [5, 5.41) is 2.22. The predicted molar refractivity (Wildman–Crippen MR) is 126 cm³/mol. The number of fused-ring (bicyclic) bond motifs is 1. The number of hydrogen-bond donors (Lipinski definition) is 0. The molecular weight excluding hydrogens is 435 g/mol. The monoisotopic (exact) mass is 454 g/mol. The van der Waals surface area contributed by atoms with Crippen LogP contribution < -0.4 is 0 Å². The molecule has 1 amide bonds. The molecule has 2 aromatic carbocycles. The fourth-order valence-corrected chi connectivity index (χ4v) is 5.57. The van der Waals surface area contributed by atoms with Gasteiger partial charge in [-0.3, -0.25) is 9.69 Å². The van der Waals surface area contributed by atoms with Crippen molar-refractivity contribution in [3.63, 3.8) is 0 Å². The lowest BCUT2D eigenvalue weighted by Gasteiger charge is -2.40. The zero-order chi connectivity index (χ0) is 20.8. The van der Waals surface area contributed by atoms with Crippen molar-refractivity contribution in [3.8, 4) is 0 Å². The number of nitrogens with zero attached hydrogens (tertiary/aromatic N) is 2. The number of thioether (sulfide) groups is 1. The zero-order valence-corrected chi connectivity index (χ0v) is 18.8. The van der Waals surface area contributed by atoms with Crippen LogP contribution in [0.3, 0.4) is 0 Å². The molecule has 0 N–H and O–H groups in total. The van der Waals surface area contributed by atoms with Gasteiger partial charge in [0, 0.05) is 10.0 Å². The second-order valence-corrected chi connectivity index (χ2v) is 9.68. The Morgan fingerprint density at radius 1 is 1.07 bits per heavy atom. The molecule has 3 aliphatic rings. The van der Waals surface area contributed by atoms with E-state index in [1.807, 2.05) is 53.4 Å². The summed E-state index contributed by atoms with van der Waals surface area (Å²) in [7, 11) is 0. The van der Waals surface area contributed by atoms with Crippen LogP contribution in [-0.2, 0) is 4.79 Å². The van der Waals surface area contributed by atoms with E-state index in [1.165, 1.54) is 22.9 Å². The number of amidine groups is 1. The van der Waals surface area contributed by atoms with Crippen LogP contribution in [-0.4, -0.2) is 21.7 Å². The van der Waals surface area contributed by atoms with Crippen LogP contribution in [0, 0.1) is 5.92 Å². The Morgan fingerprint density at radius 3 is 2.43 bits per heavy atom. The van der Waals surface area contributed by atoms with Crippen LogP contribution in [0.4, 0.5) is 0 Å². The molecule has 2 aliphatic heterocycles. The minimum Gasteiger partial charge on any atom is -0.279 e. The molecule has 5 rings (SSSR count). The highest BCUT2D eigenvalue weighted by Crippen LogP contribution is 2.49. The number of carbonyl (C=O) groups excluding carboxylic acids is 1. The summed E-state index contributed by atoms with van der Waals surface area (Å²) in [6, 6.07) is 15.6. The van der Waals surface area contributed by atoms with Gasteiger partial charge in [0.1, 0.15) is 0 Å². The van der Waals surface area contributed by atoms with Crippen LogP contribution in [0.25, 0.3) is 6.08 Å². The van der Waals surface area contributed by atoms with E-state index in [0.29, 0.717) is 16.7 Å². The first-order chi connectivity index (χ1) is 14.5. The van der Waals surface area contributed by atoms with Gasteiger partial charge in [0.05, 0.1) is 17.5 Å². The van der Waals surface area contributed by atoms with E-state index >= 15 is 0 Å². The van der Waals surface area contributed by atoms with Crippen molar-refractivity contribution in [2.24, 2.45) is 10.9 Å². The van der Waals surface area contributed by atoms with Crippen molar-refractivity contribution >= 4 is 52.1 Å². The fraction of sp³-hybridized carbons (Fsp3) is 0.250. The largest absolute Gasteiger partial charge is 0.279 e. The maximum Gasteiger partial charge on any atom is 0.239 e. The van der Waals surface area contributed by atoms with Crippen LogP contribution in [0.2, 0.25) is 10.0 Å². The van der Waals surface area contributed by atoms with Crippen molar-refractivity contribution in [1.82, 2.24) is 4.90 Å². The van der Waals surface area contributed by atoms with Gasteiger partial charge >= 0.3 is 0 Å². The van der Waals surface area contributed by atoms with Crippen LogP contribution >= 0.6 is 35.0 Å². The maximum atomic E-state index is 12.8. The smallest absolute Gasteiger partial charge is 0.239 e. The molecule has 30 heavy (non-hydrogen) atoms. The van der Waals surface area contributed by atoms with Crippen molar-refractivity contribution in [1.29, 1.82) is 0 Å². The fourth-order valence-electron chi connectivity index (χ4n) is 4.42. The summed E-state index contributed by atoms with van der Waals surface area (Å²) in [5.41, 5.74) is 5.67. The van der Waals surface area contributed by atoms with Gasteiger partial charge in [-0.15, -0.1) is 0 Å². The molecule has 1 saturated heterocycles. The molecule has 3 nitrogen and oxygen atoms in total. The highest BCUT2D eigenvalue weighted by Gasteiger charge is 2.44. The molecule has 152 valence electrons. The molecule has 0 saturated carbocycles. The first-order valence-electron chi connectivity index (χ1n) is 10.0. The predicted octanol–water partition coefficient (Wildman–Crippen LogP) is 6.75. The Morgan fingerprint density at radius 2 is 1.73 bits per heavy atom. The number of amides is 1. The summed E-state index contributed by atoms with van der Waals surface area (Å²) < 4.78 is 0. The van der Waals surface area contributed by atoms with Gasteiger partial charge < -0.3 is 0 Å². The number of allylic oxidation sites excluding steroid dienone is 1. The van der Waals surface area contributed by atoms with Crippen molar-refractivity contribution in [3.05, 3.63) is 86.5 Å². The van der Waals surface area contributed by atoms with Crippen molar-refractivity contribution < 1.29 is 4.79 Å². The minimum atomic E-state index is -0.129. The molecule has 2 aromatic rings. The second-order valence-electron chi connectivity index (χ2n) is 7.87. The van der Waals surface area contributed by atoms with Gasteiger partial charge in [0.15, 0.2) is 5.17 Å². The summed E-state index contributed by atoms with van der Waals surface area (Å²) in [6.45, 7) is 2.24. The van der Waals surface area contributed by atoms with E-state index < -0.39 is 0 Å². The maximum absolute atomic E-state index is 12.8. The van der Waals surface area contributed by atoms with E-state index in [2.05, 4.69) is 13.0 Å². The van der Waals surface area contributed by atoms with Gasteiger partial charge in [-0.1, -0.05) is 66.2 Å². The average molecular weight is 455 g/mol. The molecule has 2 heterocycles. The Bertz CT molecular complexity index is 1100. The molecule has 0 spiro atoms. The van der Waals surface area contributed by atoms with Gasteiger partial charge in [0.25, 0.3) is 0 Å². The topological polar surface area (TPSA) is 32.7 Å². The molecule has 2 unspecified atom stereocenters. The molecule has 2 atom stereocenters. The van der Waals surface area contributed by atoms with E-state index in [9.17, 15) is 4.79 Å². The normalized spacial score (nSPS) is 24.8. The van der Waals surface area contributed by atoms with E-state index in [-0.39, 0.29) is 11.9 Å². The number of carbonyl (C=O) groups is 1. The van der Waals surface area contributed by atoms with Gasteiger partial charge in [-0.05, 0) is 71.4 Å².